The van der Waals surface area contributed by atoms with E-state index in [2.05, 4.69) is 6.07 Å². The molecule has 3 rings (SSSR count). The molecule has 2 aromatic rings. The topological polar surface area (TPSA) is 46.6 Å². The van der Waals surface area contributed by atoms with Crippen molar-refractivity contribution in [2.75, 3.05) is 4.90 Å². The molecule has 1 aliphatic heterocycles. The molecule has 4 nitrogen and oxygen atoms in total. The second kappa shape index (κ2) is 6.36. The molecule has 1 unspecified atom stereocenters. The first kappa shape index (κ1) is 17.2. The lowest BCUT2D eigenvalue weighted by Crippen LogP contribution is -2.39. The van der Waals surface area contributed by atoms with Crippen LogP contribution in [0.1, 0.15) is 43.4 Å². The Morgan fingerprint density at radius 2 is 1.84 bits per heavy atom. The van der Waals surface area contributed by atoms with E-state index in [9.17, 15) is 9.59 Å². The number of imide groups is 1. The summed E-state index contributed by atoms with van der Waals surface area (Å²) >= 11 is 0. The number of para-hydroxylation sites is 1. The standard InChI is InChI=1S/C21H23NO3/c1-14-8-7-9-15(12-14)13-17-16-10-5-6-11-18(16)22(19(17)23)20(24)25-21(2,3)4/h5-12,17H,13H2,1-4H3. The summed E-state index contributed by atoms with van der Waals surface area (Å²) in [7, 11) is 0. The fourth-order valence-corrected chi connectivity index (χ4v) is 3.16. The minimum Gasteiger partial charge on any atom is -0.443 e. The molecule has 2 aromatic carbocycles. The van der Waals surface area contributed by atoms with Crippen molar-refractivity contribution < 1.29 is 14.3 Å². The van der Waals surface area contributed by atoms with Gasteiger partial charge in [0.05, 0.1) is 11.6 Å². The molecule has 0 N–H and O–H groups in total. The number of fused-ring (bicyclic) bond motifs is 1. The summed E-state index contributed by atoms with van der Waals surface area (Å²) in [6.45, 7) is 7.41. The van der Waals surface area contributed by atoms with E-state index in [0.29, 0.717) is 12.1 Å². The van der Waals surface area contributed by atoms with Crippen LogP contribution in [0.3, 0.4) is 0 Å². The van der Waals surface area contributed by atoms with Gasteiger partial charge in [0.25, 0.3) is 0 Å². The van der Waals surface area contributed by atoms with E-state index in [1.54, 1.807) is 26.8 Å². The number of amides is 2. The fraction of sp³-hybridized carbons (Fsp3) is 0.333. The highest BCUT2D eigenvalue weighted by Gasteiger charge is 2.42. The van der Waals surface area contributed by atoms with Crippen molar-refractivity contribution in [2.24, 2.45) is 0 Å². The Balaban J connectivity index is 1.94. The Kier molecular flexibility index (Phi) is 4.38. The number of anilines is 1. The minimum absolute atomic E-state index is 0.225. The zero-order valence-corrected chi connectivity index (χ0v) is 15.1. The molecule has 2 amide bonds. The third-order valence-corrected chi connectivity index (χ3v) is 4.17. The number of carbonyl (C=O) groups is 2. The normalized spacial score (nSPS) is 16.7. The van der Waals surface area contributed by atoms with Gasteiger partial charge in [0.2, 0.25) is 5.91 Å². The molecule has 0 aliphatic carbocycles. The minimum atomic E-state index is -0.652. The van der Waals surface area contributed by atoms with E-state index < -0.39 is 11.7 Å². The highest BCUT2D eigenvalue weighted by molar-refractivity contribution is 6.19. The summed E-state index contributed by atoms with van der Waals surface area (Å²) < 4.78 is 5.43. The van der Waals surface area contributed by atoms with Crippen molar-refractivity contribution in [3.05, 3.63) is 65.2 Å². The van der Waals surface area contributed by atoms with E-state index in [1.165, 1.54) is 4.90 Å². The van der Waals surface area contributed by atoms with Gasteiger partial charge in [-0.3, -0.25) is 4.79 Å². The number of hydrogen-bond acceptors (Lipinski definition) is 3. The molecular formula is C21H23NO3. The lowest BCUT2D eigenvalue weighted by molar-refractivity contribution is -0.119. The molecule has 0 bridgehead atoms. The molecule has 1 aliphatic rings. The summed E-state index contributed by atoms with van der Waals surface area (Å²) in [5, 5.41) is 0. The first-order valence-corrected chi connectivity index (χ1v) is 8.48. The van der Waals surface area contributed by atoms with Crippen LogP contribution in [0.2, 0.25) is 0 Å². The van der Waals surface area contributed by atoms with Crippen LogP contribution in [0.25, 0.3) is 0 Å². The molecule has 25 heavy (non-hydrogen) atoms. The maximum atomic E-state index is 13.0. The molecule has 0 spiro atoms. The van der Waals surface area contributed by atoms with Crippen molar-refractivity contribution in [3.63, 3.8) is 0 Å². The summed E-state index contributed by atoms with van der Waals surface area (Å²) in [5.74, 6) is -0.595. The highest BCUT2D eigenvalue weighted by atomic mass is 16.6. The zero-order chi connectivity index (χ0) is 18.2. The van der Waals surface area contributed by atoms with Gasteiger partial charge in [-0.25, -0.2) is 9.69 Å². The second-order valence-corrected chi connectivity index (χ2v) is 7.46. The van der Waals surface area contributed by atoms with E-state index in [4.69, 9.17) is 4.74 Å². The number of rotatable bonds is 2. The van der Waals surface area contributed by atoms with Crippen LogP contribution in [0.15, 0.2) is 48.5 Å². The molecule has 1 heterocycles. The zero-order valence-electron chi connectivity index (χ0n) is 15.1. The van der Waals surface area contributed by atoms with E-state index in [0.717, 1.165) is 16.7 Å². The predicted octanol–water partition coefficient (Wildman–Crippen LogP) is 4.60. The quantitative estimate of drug-likeness (QED) is 0.804. The van der Waals surface area contributed by atoms with Gasteiger partial charge in [0, 0.05) is 0 Å². The van der Waals surface area contributed by atoms with Gasteiger partial charge in [-0.2, -0.15) is 0 Å². The SMILES string of the molecule is Cc1cccc(CC2C(=O)N(C(=O)OC(C)(C)C)c3ccccc32)c1. The number of nitrogens with zero attached hydrogens (tertiary/aromatic N) is 1. The van der Waals surface area contributed by atoms with Crippen LogP contribution in [-0.4, -0.2) is 17.6 Å². The third-order valence-electron chi connectivity index (χ3n) is 4.17. The van der Waals surface area contributed by atoms with Crippen LogP contribution < -0.4 is 4.90 Å². The Morgan fingerprint density at radius 3 is 2.52 bits per heavy atom. The molecule has 0 fully saturated rings. The number of benzene rings is 2. The average molecular weight is 337 g/mol. The first-order chi connectivity index (χ1) is 11.8. The fourth-order valence-electron chi connectivity index (χ4n) is 3.16. The van der Waals surface area contributed by atoms with Crippen molar-refractivity contribution >= 4 is 17.7 Å². The lowest BCUT2D eigenvalue weighted by atomic mass is 9.93. The maximum absolute atomic E-state index is 13.0. The average Bonchev–Trinajstić information content (AvgIpc) is 2.78. The molecule has 0 radical (unpaired) electrons. The smallest absolute Gasteiger partial charge is 0.421 e. The highest BCUT2D eigenvalue weighted by Crippen LogP contribution is 2.39. The van der Waals surface area contributed by atoms with Crippen LogP contribution in [-0.2, 0) is 16.0 Å². The van der Waals surface area contributed by atoms with Gasteiger partial charge in [0.1, 0.15) is 5.60 Å². The number of ether oxygens (including phenoxy) is 1. The van der Waals surface area contributed by atoms with Gasteiger partial charge in [-0.15, -0.1) is 0 Å². The Labute approximate surface area is 148 Å². The van der Waals surface area contributed by atoms with Gasteiger partial charge < -0.3 is 4.74 Å². The predicted molar refractivity (Wildman–Crippen MR) is 97.8 cm³/mol. The van der Waals surface area contributed by atoms with Crippen molar-refractivity contribution in [1.82, 2.24) is 0 Å². The Hall–Kier alpha value is -2.62. The van der Waals surface area contributed by atoms with E-state index >= 15 is 0 Å². The molecule has 130 valence electrons. The van der Waals surface area contributed by atoms with Crippen LogP contribution in [0, 0.1) is 6.92 Å². The number of carbonyl (C=O) groups excluding carboxylic acids is 2. The molecule has 0 saturated heterocycles. The van der Waals surface area contributed by atoms with E-state index in [-0.39, 0.29) is 11.8 Å². The van der Waals surface area contributed by atoms with Gasteiger partial charge >= 0.3 is 6.09 Å². The Morgan fingerprint density at radius 1 is 1.12 bits per heavy atom. The van der Waals surface area contributed by atoms with Gasteiger partial charge in [-0.05, 0) is 51.3 Å². The summed E-state index contributed by atoms with van der Waals surface area (Å²) in [6.07, 6.45) is -0.0479. The van der Waals surface area contributed by atoms with E-state index in [1.807, 2.05) is 43.3 Å². The molecule has 0 aromatic heterocycles. The second-order valence-electron chi connectivity index (χ2n) is 7.46. The van der Waals surface area contributed by atoms with Crippen LogP contribution in [0.4, 0.5) is 10.5 Å². The van der Waals surface area contributed by atoms with Crippen LogP contribution in [0.5, 0.6) is 0 Å². The maximum Gasteiger partial charge on any atom is 0.421 e. The summed E-state index contributed by atoms with van der Waals surface area (Å²) in [4.78, 5) is 26.8. The van der Waals surface area contributed by atoms with Crippen molar-refractivity contribution in [3.8, 4) is 0 Å². The summed E-state index contributed by atoms with van der Waals surface area (Å²) in [5.41, 5.74) is 3.08. The first-order valence-electron chi connectivity index (χ1n) is 8.48. The monoisotopic (exact) mass is 337 g/mol. The van der Waals surface area contributed by atoms with Gasteiger partial charge in [-0.1, -0.05) is 48.0 Å². The molecule has 4 heteroatoms. The van der Waals surface area contributed by atoms with Crippen molar-refractivity contribution in [2.45, 2.75) is 45.6 Å². The van der Waals surface area contributed by atoms with Crippen molar-refractivity contribution in [1.29, 1.82) is 0 Å². The number of hydrogen-bond donors (Lipinski definition) is 0. The lowest BCUT2D eigenvalue weighted by Gasteiger charge is -2.24. The molecular weight excluding hydrogens is 314 g/mol. The number of aryl methyl sites for hydroxylation is 1. The third kappa shape index (κ3) is 3.58. The Bertz CT molecular complexity index is 820. The van der Waals surface area contributed by atoms with Crippen LogP contribution >= 0.6 is 0 Å². The molecule has 0 saturated carbocycles. The van der Waals surface area contributed by atoms with Gasteiger partial charge in [0.15, 0.2) is 0 Å². The molecule has 1 atom stereocenters. The largest absolute Gasteiger partial charge is 0.443 e. The summed E-state index contributed by atoms with van der Waals surface area (Å²) in [6, 6.07) is 15.5.